The van der Waals surface area contributed by atoms with Gasteiger partial charge >= 0.3 is 6.18 Å². The molecule has 5 nitrogen and oxygen atoms in total. The number of nitrogens with zero attached hydrogens (tertiary/aromatic N) is 3. The highest BCUT2D eigenvalue weighted by atomic mass is 35.5. The Kier molecular flexibility index (Phi) is 11.0. The van der Waals surface area contributed by atoms with Crippen LogP contribution in [0.1, 0.15) is 24.0 Å². The fourth-order valence-electron chi connectivity index (χ4n) is 2.12. The molecule has 0 fully saturated rings. The van der Waals surface area contributed by atoms with Crippen LogP contribution in [-0.2, 0) is 17.6 Å². The standard InChI is InChI=1S/C16H19F3N4O.2ClH/c17-16(18,19)14-5-3-13(4-6-14)15(22-24-11-7-20)2-1-9-23-10-8-21-12-23;;/h3-6,8,10,12H,1-2,7,9,11,20H2;2*1H/b22-15+;;. The normalized spacial score (nSPS) is 11.5. The number of aryl methyl sites for hydroxylation is 1. The Morgan fingerprint density at radius 3 is 2.42 bits per heavy atom. The van der Waals surface area contributed by atoms with Gasteiger partial charge < -0.3 is 15.1 Å². The van der Waals surface area contributed by atoms with Gasteiger partial charge in [0.05, 0.1) is 17.6 Å². The maximum atomic E-state index is 12.7. The first-order valence-electron chi connectivity index (χ1n) is 7.53. The van der Waals surface area contributed by atoms with E-state index in [-0.39, 0.29) is 31.4 Å². The topological polar surface area (TPSA) is 65.4 Å². The van der Waals surface area contributed by atoms with E-state index in [1.54, 1.807) is 12.5 Å². The average Bonchev–Trinajstić information content (AvgIpc) is 3.06. The smallest absolute Gasteiger partial charge is 0.394 e. The van der Waals surface area contributed by atoms with Crippen molar-refractivity contribution in [1.82, 2.24) is 9.55 Å². The van der Waals surface area contributed by atoms with Gasteiger partial charge in [-0.25, -0.2) is 4.98 Å². The minimum absolute atomic E-state index is 0. The summed E-state index contributed by atoms with van der Waals surface area (Å²) in [4.78, 5) is 9.07. The molecule has 0 bridgehead atoms. The van der Waals surface area contributed by atoms with Crippen molar-refractivity contribution in [3.05, 3.63) is 54.1 Å². The Bertz CT molecular complexity index is 647. The number of hydrogen-bond donors (Lipinski definition) is 1. The van der Waals surface area contributed by atoms with Crippen LogP contribution in [0.2, 0.25) is 0 Å². The molecular weight excluding hydrogens is 392 g/mol. The number of imidazole rings is 1. The van der Waals surface area contributed by atoms with Crippen molar-refractivity contribution in [2.24, 2.45) is 10.9 Å². The summed E-state index contributed by atoms with van der Waals surface area (Å²) in [5, 5.41) is 4.02. The molecule has 146 valence electrons. The minimum atomic E-state index is -4.35. The highest BCUT2D eigenvalue weighted by Gasteiger charge is 2.30. The first-order chi connectivity index (χ1) is 11.5. The zero-order valence-electron chi connectivity index (χ0n) is 13.9. The molecule has 0 aliphatic carbocycles. The molecule has 0 saturated carbocycles. The maximum absolute atomic E-state index is 12.7. The van der Waals surface area contributed by atoms with Gasteiger partial charge in [0.15, 0.2) is 0 Å². The predicted molar refractivity (Wildman–Crippen MR) is 98.9 cm³/mol. The van der Waals surface area contributed by atoms with Crippen molar-refractivity contribution in [3.8, 4) is 0 Å². The molecule has 2 N–H and O–H groups in total. The second-order valence-corrected chi connectivity index (χ2v) is 5.14. The van der Waals surface area contributed by atoms with Gasteiger partial charge in [-0.05, 0) is 30.5 Å². The van der Waals surface area contributed by atoms with Gasteiger partial charge in [0.1, 0.15) is 6.61 Å². The predicted octanol–water partition coefficient (Wildman–Crippen LogP) is 3.91. The SMILES string of the molecule is Cl.Cl.NCCO/N=C(\CCCn1ccnc1)c1ccc(C(F)(F)F)cc1. The molecule has 0 spiro atoms. The number of halogens is 5. The fourth-order valence-corrected chi connectivity index (χ4v) is 2.12. The minimum Gasteiger partial charge on any atom is -0.394 e. The summed E-state index contributed by atoms with van der Waals surface area (Å²) in [6, 6.07) is 4.91. The van der Waals surface area contributed by atoms with Gasteiger partial charge in [0.2, 0.25) is 0 Å². The summed E-state index contributed by atoms with van der Waals surface area (Å²) < 4.78 is 39.9. The summed E-state index contributed by atoms with van der Waals surface area (Å²) in [7, 11) is 0. The highest BCUT2D eigenvalue weighted by Crippen LogP contribution is 2.29. The molecule has 0 radical (unpaired) electrons. The number of alkyl halides is 3. The molecule has 0 aliphatic rings. The Morgan fingerprint density at radius 2 is 1.88 bits per heavy atom. The fraction of sp³-hybridized carbons (Fsp3) is 0.375. The molecule has 0 atom stereocenters. The highest BCUT2D eigenvalue weighted by molar-refractivity contribution is 6.00. The molecule has 1 heterocycles. The molecule has 26 heavy (non-hydrogen) atoms. The zero-order valence-corrected chi connectivity index (χ0v) is 15.5. The van der Waals surface area contributed by atoms with Gasteiger partial charge in [0, 0.05) is 25.5 Å². The molecule has 0 unspecified atom stereocenters. The third-order valence-corrected chi connectivity index (χ3v) is 3.32. The van der Waals surface area contributed by atoms with Crippen LogP contribution >= 0.6 is 24.8 Å². The lowest BCUT2D eigenvalue weighted by Gasteiger charge is -2.10. The summed E-state index contributed by atoms with van der Waals surface area (Å²) >= 11 is 0. The first kappa shape index (κ1) is 24.2. The van der Waals surface area contributed by atoms with Gasteiger partial charge in [0.25, 0.3) is 0 Å². The van der Waals surface area contributed by atoms with E-state index in [9.17, 15) is 13.2 Å². The molecule has 0 saturated heterocycles. The van der Waals surface area contributed by atoms with Crippen molar-refractivity contribution >= 4 is 30.5 Å². The first-order valence-corrected chi connectivity index (χ1v) is 7.53. The van der Waals surface area contributed by atoms with E-state index < -0.39 is 11.7 Å². The number of oxime groups is 1. The van der Waals surface area contributed by atoms with Gasteiger partial charge in [-0.2, -0.15) is 13.2 Å². The third-order valence-electron chi connectivity index (χ3n) is 3.32. The second kappa shape index (κ2) is 11.8. The molecule has 2 rings (SSSR count). The van der Waals surface area contributed by atoms with Crippen molar-refractivity contribution < 1.29 is 18.0 Å². The second-order valence-electron chi connectivity index (χ2n) is 5.14. The van der Waals surface area contributed by atoms with E-state index in [0.717, 1.165) is 25.1 Å². The molecule has 1 aromatic heterocycles. The summed E-state index contributed by atoms with van der Waals surface area (Å²) in [6.07, 6.45) is 2.21. The average molecular weight is 413 g/mol. The van der Waals surface area contributed by atoms with E-state index >= 15 is 0 Å². The Labute approximate surface area is 162 Å². The Morgan fingerprint density at radius 1 is 1.19 bits per heavy atom. The molecule has 0 amide bonds. The zero-order chi connectivity index (χ0) is 17.4. The van der Waals surface area contributed by atoms with Crippen LogP contribution in [-0.4, -0.2) is 28.4 Å². The van der Waals surface area contributed by atoms with Crippen LogP contribution in [0.4, 0.5) is 13.2 Å². The number of benzene rings is 1. The molecular formula is C16H21Cl2F3N4O. The van der Waals surface area contributed by atoms with E-state index in [1.165, 1.54) is 12.1 Å². The van der Waals surface area contributed by atoms with E-state index in [1.807, 2.05) is 10.8 Å². The molecule has 2 aromatic rings. The number of aromatic nitrogens is 2. The summed E-state index contributed by atoms with van der Waals surface area (Å²) in [5.41, 5.74) is 5.87. The van der Waals surface area contributed by atoms with Crippen LogP contribution in [0.25, 0.3) is 0 Å². The summed E-state index contributed by atoms with van der Waals surface area (Å²) in [6.45, 7) is 1.31. The van der Waals surface area contributed by atoms with Crippen LogP contribution < -0.4 is 5.73 Å². The number of nitrogens with two attached hydrogens (primary N) is 1. The Hall–Kier alpha value is -1.77. The van der Waals surface area contributed by atoms with Crippen LogP contribution in [0, 0.1) is 0 Å². The van der Waals surface area contributed by atoms with Crippen molar-refractivity contribution in [2.45, 2.75) is 25.6 Å². The molecule has 10 heteroatoms. The van der Waals surface area contributed by atoms with Gasteiger partial charge in [-0.1, -0.05) is 17.3 Å². The lowest BCUT2D eigenvalue weighted by atomic mass is 10.0. The van der Waals surface area contributed by atoms with Gasteiger partial charge in [-0.15, -0.1) is 24.8 Å². The lowest BCUT2D eigenvalue weighted by molar-refractivity contribution is -0.137. The third kappa shape index (κ3) is 7.63. The maximum Gasteiger partial charge on any atom is 0.416 e. The molecule has 1 aromatic carbocycles. The lowest BCUT2D eigenvalue weighted by Crippen LogP contribution is -2.10. The van der Waals surface area contributed by atoms with Crippen LogP contribution in [0.3, 0.4) is 0 Å². The van der Waals surface area contributed by atoms with Crippen LogP contribution in [0.5, 0.6) is 0 Å². The summed E-state index contributed by atoms with van der Waals surface area (Å²) in [5.74, 6) is 0. The van der Waals surface area contributed by atoms with Crippen molar-refractivity contribution in [3.63, 3.8) is 0 Å². The number of hydrogen-bond acceptors (Lipinski definition) is 4. The van der Waals surface area contributed by atoms with Crippen molar-refractivity contribution in [1.29, 1.82) is 0 Å². The monoisotopic (exact) mass is 412 g/mol. The Balaban J connectivity index is 0.00000312. The largest absolute Gasteiger partial charge is 0.416 e. The van der Waals surface area contributed by atoms with Gasteiger partial charge in [-0.3, -0.25) is 0 Å². The molecule has 0 aliphatic heterocycles. The quantitative estimate of drug-likeness (QED) is 0.406. The van der Waals surface area contributed by atoms with Crippen LogP contribution in [0.15, 0.2) is 48.1 Å². The van der Waals surface area contributed by atoms with Crippen molar-refractivity contribution in [2.75, 3.05) is 13.2 Å². The van der Waals surface area contributed by atoms with E-state index in [0.29, 0.717) is 24.2 Å². The van der Waals surface area contributed by atoms with E-state index in [2.05, 4.69) is 10.1 Å². The van der Waals surface area contributed by atoms with E-state index in [4.69, 9.17) is 10.6 Å². The number of rotatable bonds is 8.